The van der Waals surface area contributed by atoms with Crippen molar-refractivity contribution in [1.29, 1.82) is 0 Å². The highest BCUT2D eigenvalue weighted by Gasteiger charge is 2.24. The fourth-order valence-electron chi connectivity index (χ4n) is 4.07. The van der Waals surface area contributed by atoms with Gasteiger partial charge < -0.3 is 19.3 Å². The van der Waals surface area contributed by atoms with E-state index in [1.807, 2.05) is 4.57 Å². The number of hydrogen-bond acceptors (Lipinski definition) is 4. The molecule has 2 aliphatic rings. The summed E-state index contributed by atoms with van der Waals surface area (Å²) in [6.45, 7) is 8.43. The Morgan fingerprint density at radius 1 is 1.16 bits per heavy atom. The number of aromatic nitrogens is 1. The van der Waals surface area contributed by atoms with Crippen LogP contribution in [0.3, 0.4) is 0 Å². The molecule has 0 spiro atoms. The molecular weight excluding hydrogens is 314 g/mol. The summed E-state index contributed by atoms with van der Waals surface area (Å²) >= 11 is 0. The summed E-state index contributed by atoms with van der Waals surface area (Å²) in [6, 6.07) is 6.77. The van der Waals surface area contributed by atoms with Gasteiger partial charge in [0.05, 0.1) is 36.6 Å². The largest absolute Gasteiger partial charge is 0.494 e. The van der Waals surface area contributed by atoms with Gasteiger partial charge in [0.15, 0.2) is 0 Å². The fourth-order valence-corrected chi connectivity index (χ4v) is 4.07. The normalized spacial score (nSPS) is 18.8. The Balaban J connectivity index is 1.90. The molecule has 0 aliphatic carbocycles. The molecule has 5 nitrogen and oxygen atoms in total. The standard InChI is InChI=1S/C20H27N3O2/c1-14(2)23-18-6-5-15(22-9-3-4-10-22)13-16(18)19(20(23)24)17-7-11-25-12-8-21-17/h5-6,13-14,24H,3-4,7-12H2,1-2H3. The molecule has 1 fully saturated rings. The average Bonchev–Trinajstić information content (AvgIpc) is 3.13. The number of anilines is 1. The monoisotopic (exact) mass is 341 g/mol. The van der Waals surface area contributed by atoms with Gasteiger partial charge in [0, 0.05) is 36.6 Å². The van der Waals surface area contributed by atoms with E-state index in [-0.39, 0.29) is 6.04 Å². The van der Waals surface area contributed by atoms with Crippen molar-refractivity contribution in [3.63, 3.8) is 0 Å². The molecule has 2 aromatic rings. The van der Waals surface area contributed by atoms with Gasteiger partial charge in [-0.3, -0.25) is 4.99 Å². The summed E-state index contributed by atoms with van der Waals surface area (Å²) in [5.74, 6) is 0.337. The molecule has 1 N–H and O–H groups in total. The van der Waals surface area contributed by atoms with E-state index in [0.29, 0.717) is 25.6 Å². The van der Waals surface area contributed by atoms with Crippen LogP contribution in [0.5, 0.6) is 5.88 Å². The maximum Gasteiger partial charge on any atom is 0.201 e. The van der Waals surface area contributed by atoms with Crippen molar-refractivity contribution in [2.45, 2.75) is 39.2 Å². The highest BCUT2D eigenvalue weighted by atomic mass is 16.5. The second-order valence-electron chi connectivity index (χ2n) is 7.25. The lowest BCUT2D eigenvalue weighted by atomic mass is 10.0. The van der Waals surface area contributed by atoms with E-state index in [1.165, 1.54) is 18.5 Å². The van der Waals surface area contributed by atoms with Crippen molar-refractivity contribution in [1.82, 2.24) is 4.57 Å². The molecule has 1 aromatic carbocycles. The third-order valence-corrected chi connectivity index (χ3v) is 5.26. The quantitative estimate of drug-likeness (QED) is 0.925. The third kappa shape index (κ3) is 2.91. The van der Waals surface area contributed by atoms with Crippen molar-refractivity contribution < 1.29 is 9.84 Å². The summed E-state index contributed by atoms with van der Waals surface area (Å²) in [5.41, 5.74) is 4.20. The molecule has 2 aliphatic heterocycles. The van der Waals surface area contributed by atoms with Gasteiger partial charge in [-0.15, -0.1) is 0 Å². The van der Waals surface area contributed by atoms with Crippen LogP contribution < -0.4 is 4.90 Å². The maximum absolute atomic E-state index is 11.0. The summed E-state index contributed by atoms with van der Waals surface area (Å²) in [5, 5.41) is 12.1. The molecular formula is C20H27N3O2. The summed E-state index contributed by atoms with van der Waals surface area (Å²) in [7, 11) is 0. The number of benzene rings is 1. The minimum Gasteiger partial charge on any atom is -0.494 e. The van der Waals surface area contributed by atoms with Crippen LogP contribution in [0.2, 0.25) is 0 Å². The summed E-state index contributed by atoms with van der Waals surface area (Å²) in [4.78, 5) is 7.14. The smallest absolute Gasteiger partial charge is 0.201 e. The second-order valence-corrected chi connectivity index (χ2v) is 7.25. The van der Waals surface area contributed by atoms with Crippen LogP contribution in [-0.2, 0) is 4.74 Å². The van der Waals surface area contributed by atoms with Gasteiger partial charge in [-0.2, -0.15) is 0 Å². The molecule has 0 amide bonds. The van der Waals surface area contributed by atoms with Crippen LogP contribution in [0.25, 0.3) is 10.9 Å². The highest BCUT2D eigenvalue weighted by Crippen LogP contribution is 2.38. The Hall–Kier alpha value is -2.01. The fraction of sp³-hybridized carbons (Fsp3) is 0.550. The van der Waals surface area contributed by atoms with Crippen molar-refractivity contribution in [3.8, 4) is 5.88 Å². The van der Waals surface area contributed by atoms with Gasteiger partial charge in [-0.25, -0.2) is 0 Å². The Morgan fingerprint density at radius 2 is 1.96 bits per heavy atom. The van der Waals surface area contributed by atoms with E-state index in [2.05, 4.69) is 36.9 Å². The van der Waals surface area contributed by atoms with Crippen LogP contribution in [0.15, 0.2) is 23.2 Å². The van der Waals surface area contributed by atoms with Gasteiger partial charge in [0.25, 0.3) is 0 Å². The van der Waals surface area contributed by atoms with Crippen molar-refractivity contribution >= 4 is 22.3 Å². The summed E-state index contributed by atoms with van der Waals surface area (Å²) in [6.07, 6.45) is 3.26. The molecule has 0 unspecified atom stereocenters. The number of hydrogen-bond donors (Lipinski definition) is 1. The first-order valence-electron chi connectivity index (χ1n) is 9.40. The van der Waals surface area contributed by atoms with E-state index in [4.69, 9.17) is 9.73 Å². The number of nitrogens with zero attached hydrogens (tertiary/aromatic N) is 3. The SMILES string of the molecule is CC(C)n1c(O)c(C2=NCCOCC2)c2cc(N3CCCC3)ccc21. The Morgan fingerprint density at radius 3 is 2.72 bits per heavy atom. The van der Waals surface area contributed by atoms with Crippen molar-refractivity contribution in [3.05, 3.63) is 23.8 Å². The van der Waals surface area contributed by atoms with E-state index in [1.54, 1.807) is 0 Å². The molecule has 25 heavy (non-hydrogen) atoms. The Labute approximate surface area is 148 Å². The minimum absolute atomic E-state index is 0.191. The molecule has 0 saturated carbocycles. The number of aliphatic imine (C=N–C) groups is 1. The maximum atomic E-state index is 11.0. The van der Waals surface area contributed by atoms with Crippen LogP contribution in [0, 0.1) is 0 Å². The second kappa shape index (κ2) is 6.71. The zero-order chi connectivity index (χ0) is 17.4. The molecule has 3 heterocycles. The zero-order valence-corrected chi connectivity index (χ0v) is 15.2. The van der Waals surface area contributed by atoms with E-state index in [9.17, 15) is 5.11 Å². The summed E-state index contributed by atoms with van der Waals surface area (Å²) < 4.78 is 7.57. The zero-order valence-electron chi connectivity index (χ0n) is 15.2. The topological polar surface area (TPSA) is 50.0 Å². The highest BCUT2D eigenvalue weighted by molar-refractivity contribution is 6.14. The van der Waals surface area contributed by atoms with Crippen molar-refractivity contribution in [2.75, 3.05) is 37.7 Å². The number of aromatic hydroxyl groups is 1. The van der Waals surface area contributed by atoms with Crippen molar-refractivity contribution in [2.24, 2.45) is 4.99 Å². The van der Waals surface area contributed by atoms with Crippen LogP contribution in [0.4, 0.5) is 5.69 Å². The number of rotatable bonds is 3. The molecule has 4 rings (SSSR count). The van der Waals surface area contributed by atoms with Gasteiger partial charge >= 0.3 is 0 Å². The first-order chi connectivity index (χ1) is 12.2. The van der Waals surface area contributed by atoms with Crippen LogP contribution >= 0.6 is 0 Å². The van der Waals surface area contributed by atoms with Gasteiger partial charge in [0.2, 0.25) is 5.88 Å². The lowest BCUT2D eigenvalue weighted by Gasteiger charge is -2.18. The number of ether oxygens (including phenoxy) is 1. The van der Waals surface area contributed by atoms with E-state index < -0.39 is 0 Å². The number of fused-ring (bicyclic) bond motifs is 1. The predicted molar refractivity (Wildman–Crippen MR) is 102 cm³/mol. The Kier molecular flexibility index (Phi) is 4.42. The van der Waals surface area contributed by atoms with Gasteiger partial charge in [-0.05, 0) is 44.9 Å². The first kappa shape index (κ1) is 16.5. The lowest BCUT2D eigenvalue weighted by molar-refractivity contribution is 0.153. The minimum atomic E-state index is 0.191. The lowest BCUT2D eigenvalue weighted by Crippen LogP contribution is -2.17. The van der Waals surface area contributed by atoms with Crippen LogP contribution in [-0.4, -0.2) is 48.2 Å². The van der Waals surface area contributed by atoms with E-state index in [0.717, 1.165) is 41.7 Å². The molecule has 0 atom stereocenters. The van der Waals surface area contributed by atoms with Gasteiger partial charge in [0.1, 0.15) is 0 Å². The van der Waals surface area contributed by atoms with Crippen LogP contribution in [0.1, 0.15) is 44.7 Å². The molecule has 1 aromatic heterocycles. The molecule has 0 radical (unpaired) electrons. The van der Waals surface area contributed by atoms with Gasteiger partial charge in [-0.1, -0.05) is 0 Å². The molecule has 0 bridgehead atoms. The molecule has 134 valence electrons. The Bertz CT molecular complexity index is 801. The molecule has 1 saturated heterocycles. The van der Waals surface area contributed by atoms with E-state index >= 15 is 0 Å². The average molecular weight is 341 g/mol. The predicted octanol–water partition coefficient (Wildman–Crippen LogP) is 3.74. The first-order valence-corrected chi connectivity index (χ1v) is 9.40. The molecule has 5 heteroatoms. The third-order valence-electron chi connectivity index (χ3n) is 5.26.